The van der Waals surface area contributed by atoms with Crippen LogP contribution in [-0.4, -0.2) is 25.8 Å². The van der Waals surface area contributed by atoms with Crippen LogP contribution in [0.1, 0.15) is 24.1 Å². The van der Waals surface area contributed by atoms with Gasteiger partial charge in [0.1, 0.15) is 19.0 Å². The molecule has 1 aliphatic rings. The van der Waals surface area contributed by atoms with Crippen molar-refractivity contribution in [3.05, 3.63) is 57.8 Å². The average Bonchev–Trinajstić information content (AvgIpc) is 2.64. The number of hydrogen-bond acceptors (Lipinski definition) is 3. The third-order valence-electron chi connectivity index (χ3n) is 4.10. The highest BCUT2D eigenvalue weighted by Crippen LogP contribution is 2.32. The fraction of sp³-hybridized carbons (Fsp3) is 0.316. The molecule has 2 amide bonds. The Hall–Kier alpha value is -2.28. The molecule has 1 heterocycles. The lowest BCUT2D eigenvalue weighted by molar-refractivity contribution is 0.171. The molecule has 2 N–H and O–H groups in total. The first-order valence-electron chi connectivity index (χ1n) is 8.41. The van der Waals surface area contributed by atoms with Gasteiger partial charge in [-0.05, 0) is 54.8 Å². The van der Waals surface area contributed by atoms with Gasteiger partial charge in [0.2, 0.25) is 0 Å². The molecule has 1 unspecified atom stereocenters. The van der Waals surface area contributed by atoms with Crippen molar-refractivity contribution in [1.82, 2.24) is 10.6 Å². The summed E-state index contributed by atoms with van der Waals surface area (Å²) in [6.45, 7) is 3.29. The topological polar surface area (TPSA) is 59.6 Å². The lowest BCUT2D eigenvalue weighted by Crippen LogP contribution is -2.38. The van der Waals surface area contributed by atoms with Gasteiger partial charge in [-0.25, -0.2) is 9.18 Å². The third-order valence-corrected chi connectivity index (χ3v) is 4.59. The molecule has 0 saturated heterocycles. The average molecular weight is 423 g/mol. The Morgan fingerprint density at radius 3 is 2.77 bits per heavy atom. The quantitative estimate of drug-likeness (QED) is 0.766. The van der Waals surface area contributed by atoms with E-state index >= 15 is 0 Å². The van der Waals surface area contributed by atoms with Gasteiger partial charge in [0.05, 0.1) is 6.04 Å². The number of ether oxygens (including phenoxy) is 2. The number of halogens is 2. The smallest absolute Gasteiger partial charge is 0.315 e. The molecule has 0 spiro atoms. The Bertz CT molecular complexity index is 800. The number of benzene rings is 2. The number of amides is 2. The maximum atomic E-state index is 13.7. The Kier molecular flexibility index (Phi) is 5.98. The van der Waals surface area contributed by atoms with Gasteiger partial charge in [0, 0.05) is 11.0 Å². The Labute approximate surface area is 160 Å². The second-order valence-electron chi connectivity index (χ2n) is 6.01. The van der Waals surface area contributed by atoms with E-state index in [1.54, 1.807) is 12.1 Å². The summed E-state index contributed by atoms with van der Waals surface area (Å²) in [6.07, 6.45) is 0.414. The highest BCUT2D eigenvalue weighted by Gasteiger charge is 2.15. The van der Waals surface area contributed by atoms with E-state index in [-0.39, 0.29) is 17.9 Å². The molecule has 138 valence electrons. The fourth-order valence-electron chi connectivity index (χ4n) is 2.71. The van der Waals surface area contributed by atoms with Gasteiger partial charge in [-0.3, -0.25) is 0 Å². The molecule has 0 fully saturated rings. The van der Waals surface area contributed by atoms with Crippen LogP contribution in [0.5, 0.6) is 11.5 Å². The summed E-state index contributed by atoms with van der Waals surface area (Å²) in [5.74, 6) is 1.13. The zero-order chi connectivity index (χ0) is 18.5. The van der Waals surface area contributed by atoms with Crippen molar-refractivity contribution in [1.29, 1.82) is 0 Å². The van der Waals surface area contributed by atoms with E-state index in [4.69, 9.17) is 9.47 Å². The third kappa shape index (κ3) is 4.66. The summed E-state index contributed by atoms with van der Waals surface area (Å²) in [7, 11) is 0. The van der Waals surface area contributed by atoms with Crippen LogP contribution in [0.25, 0.3) is 0 Å². The number of urea groups is 1. The van der Waals surface area contributed by atoms with Crippen LogP contribution in [0.4, 0.5) is 9.18 Å². The Morgan fingerprint density at radius 2 is 1.96 bits per heavy atom. The van der Waals surface area contributed by atoms with E-state index in [0.717, 1.165) is 10.0 Å². The fourth-order valence-corrected chi connectivity index (χ4v) is 3.11. The maximum Gasteiger partial charge on any atom is 0.315 e. The first-order chi connectivity index (χ1) is 12.5. The highest BCUT2D eigenvalue weighted by atomic mass is 79.9. The first kappa shape index (κ1) is 18.5. The molecule has 7 heteroatoms. The molecular weight excluding hydrogens is 403 g/mol. The summed E-state index contributed by atoms with van der Waals surface area (Å²) in [6, 6.07) is 9.88. The van der Waals surface area contributed by atoms with Gasteiger partial charge in [0.15, 0.2) is 11.5 Å². The second kappa shape index (κ2) is 8.40. The van der Waals surface area contributed by atoms with Gasteiger partial charge in [-0.1, -0.05) is 22.0 Å². The van der Waals surface area contributed by atoms with Gasteiger partial charge in [-0.15, -0.1) is 0 Å². The lowest BCUT2D eigenvalue weighted by atomic mass is 10.1. The van der Waals surface area contributed by atoms with E-state index in [0.29, 0.717) is 43.2 Å². The predicted molar refractivity (Wildman–Crippen MR) is 100 cm³/mol. The van der Waals surface area contributed by atoms with E-state index in [1.807, 2.05) is 25.1 Å². The van der Waals surface area contributed by atoms with Crippen LogP contribution in [0.15, 0.2) is 40.9 Å². The highest BCUT2D eigenvalue weighted by molar-refractivity contribution is 9.10. The van der Waals surface area contributed by atoms with Crippen molar-refractivity contribution in [3.63, 3.8) is 0 Å². The van der Waals surface area contributed by atoms with Crippen LogP contribution in [-0.2, 0) is 6.42 Å². The summed E-state index contributed by atoms with van der Waals surface area (Å²) in [5, 5.41) is 5.62. The SMILES string of the molecule is CC(NC(=O)NCCc1cc(Br)ccc1F)c1ccc2c(c1)OCCO2. The van der Waals surface area contributed by atoms with Gasteiger partial charge < -0.3 is 20.1 Å². The van der Waals surface area contributed by atoms with Crippen molar-refractivity contribution in [2.45, 2.75) is 19.4 Å². The second-order valence-corrected chi connectivity index (χ2v) is 6.93. The zero-order valence-corrected chi connectivity index (χ0v) is 15.9. The van der Waals surface area contributed by atoms with Crippen molar-refractivity contribution < 1.29 is 18.7 Å². The van der Waals surface area contributed by atoms with E-state index in [9.17, 15) is 9.18 Å². The standard InChI is InChI=1S/C19H20BrFN2O3/c1-12(13-2-5-17-18(11-13)26-9-8-25-17)23-19(24)22-7-6-14-10-15(20)3-4-16(14)21/h2-5,10-12H,6-9H2,1H3,(H2,22,23,24). The molecule has 5 nitrogen and oxygen atoms in total. The molecule has 26 heavy (non-hydrogen) atoms. The van der Waals surface area contributed by atoms with E-state index < -0.39 is 0 Å². The molecule has 1 atom stereocenters. The van der Waals surface area contributed by atoms with Crippen molar-refractivity contribution in [2.75, 3.05) is 19.8 Å². The largest absolute Gasteiger partial charge is 0.486 e. The van der Waals surface area contributed by atoms with E-state index in [2.05, 4.69) is 26.6 Å². The number of rotatable bonds is 5. The summed E-state index contributed by atoms with van der Waals surface area (Å²) < 4.78 is 25.6. The normalized spacial score (nSPS) is 13.8. The molecule has 0 aliphatic carbocycles. The summed E-state index contributed by atoms with van der Waals surface area (Å²) in [5.41, 5.74) is 1.47. The van der Waals surface area contributed by atoms with Gasteiger partial charge in [0.25, 0.3) is 0 Å². The summed E-state index contributed by atoms with van der Waals surface area (Å²) >= 11 is 3.32. The van der Waals surface area contributed by atoms with E-state index in [1.165, 1.54) is 6.07 Å². The van der Waals surface area contributed by atoms with Crippen molar-refractivity contribution >= 4 is 22.0 Å². The molecule has 1 aliphatic heterocycles. The minimum absolute atomic E-state index is 0.201. The molecule has 2 aromatic rings. The number of hydrogen-bond donors (Lipinski definition) is 2. The maximum absolute atomic E-state index is 13.7. The minimum atomic E-state index is -0.303. The number of carbonyl (C=O) groups excluding carboxylic acids is 1. The molecular formula is C19H20BrFN2O3. The van der Waals surface area contributed by atoms with Crippen molar-refractivity contribution in [3.8, 4) is 11.5 Å². The Morgan fingerprint density at radius 1 is 1.19 bits per heavy atom. The first-order valence-corrected chi connectivity index (χ1v) is 9.20. The lowest BCUT2D eigenvalue weighted by Gasteiger charge is -2.21. The zero-order valence-electron chi connectivity index (χ0n) is 14.4. The van der Waals surface area contributed by atoms with Crippen LogP contribution >= 0.6 is 15.9 Å². The minimum Gasteiger partial charge on any atom is -0.486 e. The predicted octanol–water partition coefficient (Wildman–Crippen LogP) is 3.96. The van der Waals surface area contributed by atoms with Gasteiger partial charge in [-0.2, -0.15) is 0 Å². The van der Waals surface area contributed by atoms with Crippen LogP contribution < -0.4 is 20.1 Å². The van der Waals surface area contributed by atoms with Crippen molar-refractivity contribution in [2.24, 2.45) is 0 Å². The van der Waals surface area contributed by atoms with Crippen LogP contribution in [0.3, 0.4) is 0 Å². The molecule has 0 aromatic heterocycles. The Balaban J connectivity index is 1.50. The number of carbonyl (C=O) groups is 1. The molecule has 0 bridgehead atoms. The number of nitrogens with one attached hydrogen (secondary N) is 2. The monoisotopic (exact) mass is 422 g/mol. The van der Waals surface area contributed by atoms with Crippen LogP contribution in [0.2, 0.25) is 0 Å². The number of fused-ring (bicyclic) bond motifs is 1. The van der Waals surface area contributed by atoms with Gasteiger partial charge >= 0.3 is 6.03 Å². The summed E-state index contributed by atoms with van der Waals surface area (Å²) in [4.78, 5) is 12.1. The molecule has 2 aromatic carbocycles. The molecule has 0 radical (unpaired) electrons. The molecule has 0 saturated carbocycles. The molecule has 3 rings (SSSR count). The van der Waals surface area contributed by atoms with Crippen LogP contribution in [0, 0.1) is 5.82 Å².